The predicted molar refractivity (Wildman–Crippen MR) is 89.8 cm³/mol. The molecule has 1 aromatic rings. The van der Waals surface area contributed by atoms with Crippen LogP contribution in [-0.4, -0.2) is 66.3 Å². The topological polar surface area (TPSA) is 69.6 Å². The summed E-state index contributed by atoms with van der Waals surface area (Å²) in [6.07, 6.45) is 0.328. The highest BCUT2D eigenvalue weighted by atomic mass is 32.2. The SMILES string of the molecule is O=S(=O)(N1CCCCCC1)N1CCN(c2nccc(C(F)(F)F)n2)CC1. The molecule has 0 bridgehead atoms. The van der Waals surface area contributed by atoms with E-state index < -0.39 is 22.1 Å². The Morgan fingerprint density at radius 1 is 0.885 bits per heavy atom. The Morgan fingerprint density at radius 3 is 2.04 bits per heavy atom. The van der Waals surface area contributed by atoms with Gasteiger partial charge in [-0.3, -0.25) is 0 Å². The summed E-state index contributed by atoms with van der Waals surface area (Å²) in [4.78, 5) is 9.06. The van der Waals surface area contributed by atoms with Crippen molar-refractivity contribution in [2.75, 3.05) is 44.2 Å². The summed E-state index contributed by atoms with van der Waals surface area (Å²) in [7, 11) is -3.53. The molecule has 0 aliphatic carbocycles. The van der Waals surface area contributed by atoms with E-state index in [4.69, 9.17) is 0 Å². The van der Waals surface area contributed by atoms with Crippen LogP contribution in [0, 0.1) is 0 Å². The zero-order valence-electron chi connectivity index (χ0n) is 14.3. The van der Waals surface area contributed by atoms with Gasteiger partial charge in [0.1, 0.15) is 5.69 Å². The molecule has 11 heteroatoms. The van der Waals surface area contributed by atoms with E-state index in [-0.39, 0.29) is 32.1 Å². The van der Waals surface area contributed by atoms with Crippen molar-refractivity contribution in [3.05, 3.63) is 18.0 Å². The average molecular weight is 393 g/mol. The van der Waals surface area contributed by atoms with E-state index in [0.29, 0.717) is 13.1 Å². The Hall–Kier alpha value is -1.46. The van der Waals surface area contributed by atoms with Crippen LogP contribution < -0.4 is 4.90 Å². The molecule has 1 aromatic heterocycles. The van der Waals surface area contributed by atoms with E-state index in [1.807, 2.05) is 0 Å². The van der Waals surface area contributed by atoms with Gasteiger partial charge >= 0.3 is 6.18 Å². The summed E-state index contributed by atoms with van der Waals surface area (Å²) in [6.45, 7) is 1.98. The Bertz CT molecular complexity index is 712. The molecular formula is C15H22F3N5O2S. The highest BCUT2D eigenvalue weighted by Crippen LogP contribution is 2.28. The van der Waals surface area contributed by atoms with Crippen LogP contribution >= 0.6 is 0 Å². The number of anilines is 1. The second-order valence-electron chi connectivity index (χ2n) is 6.45. The van der Waals surface area contributed by atoms with Crippen molar-refractivity contribution in [3.63, 3.8) is 0 Å². The van der Waals surface area contributed by atoms with Gasteiger partial charge in [-0.1, -0.05) is 12.8 Å². The van der Waals surface area contributed by atoms with Crippen LogP contribution in [0.3, 0.4) is 0 Å². The first-order chi connectivity index (χ1) is 12.3. The van der Waals surface area contributed by atoms with Crippen molar-refractivity contribution in [1.82, 2.24) is 18.6 Å². The van der Waals surface area contributed by atoms with Gasteiger partial charge in [0.05, 0.1) is 0 Å². The number of hydrogen-bond donors (Lipinski definition) is 0. The third-order valence-corrected chi connectivity index (χ3v) is 6.71. The molecule has 26 heavy (non-hydrogen) atoms. The van der Waals surface area contributed by atoms with Gasteiger partial charge < -0.3 is 4.90 Å². The van der Waals surface area contributed by atoms with Gasteiger partial charge in [0, 0.05) is 45.5 Å². The smallest absolute Gasteiger partial charge is 0.338 e. The van der Waals surface area contributed by atoms with Crippen molar-refractivity contribution in [3.8, 4) is 0 Å². The Labute approximate surface area is 151 Å². The van der Waals surface area contributed by atoms with Crippen LogP contribution in [0.1, 0.15) is 31.4 Å². The lowest BCUT2D eigenvalue weighted by molar-refractivity contribution is -0.141. The molecule has 0 unspecified atom stereocenters. The maximum atomic E-state index is 12.8. The van der Waals surface area contributed by atoms with E-state index in [1.54, 1.807) is 4.90 Å². The van der Waals surface area contributed by atoms with Crippen molar-refractivity contribution in [2.24, 2.45) is 0 Å². The van der Waals surface area contributed by atoms with Crippen LogP contribution in [0.5, 0.6) is 0 Å². The minimum atomic E-state index is -4.53. The first-order valence-electron chi connectivity index (χ1n) is 8.69. The van der Waals surface area contributed by atoms with Crippen LogP contribution in [0.2, 0.25) is 0 Å². The number of piperazine rings is 1. The molecule has 0 saturated carbocycles. The van der Waals surface area contributed by atoms with E-state index in [9.17, 15) is 21.6 Å². The molecule has 7 nitrogen and oxygen atoms in total. The third kappa shape index (κ3) is 4.26. The molecule has 2 aliphatic heterocycles. The van der Waals surface area contributed by atoms with Gasteiger partial charge in [0.25, 0.3) is 10.2 Å². The van der Waals surface area contributed by atoms with Crippen LogP contribution in [0.4, 0.5) is 19.1 Å². The minimum absolute atomic E-state index is 0.0216. The van der Waals surface area contributed by atoms with Gasteiger partial charge in [-0.05, 0) is 18.9 Å². The minimum Gasteiger partial charge on any atom is -0.338 e. The second kappa shape index (κ2) is 7.65. The molecule has 0 atom stereocenters. The van der Waals surface area contributed by atoms with E-state index in [2.05, 4.69) is 9.97 Å². The molecule has 146 valence electrons. The highest BCUT2D eigenvalue weighted by Gasteiger charge is 2.35. The number of alkyl halides is 3. The van der Waals surface area contributed by atoms with Crippen LogP contribution in [-0.2, 0) is 16.4 Å². The van der Waals surface area contributed by atoms with Gasteiger partial charge in [0.15, 0.2) is 0 Å². The van der Waals surface area contributed by atoms with E-state index in [0.717, 1.165) is 37.9 Å². The number of halogens is 3. The highest BCUT2D eigenvalue weighted by molar-refractivity contribution is 7.86. The van der Waals surface area contributed by atoms with Crippen molar-refractivity contribution < 1.29 is 21.6 Å². The number of hydrogen-bond acceptors (Lipinski definition) is 5. The zero-order valence-corrected chi connectivity index (χ0v) is 15.1. The fraction of sp³-hybridized carbons (Fsp3) is 0.733. The van der Waals surface area contributed by atoms with Crippen LogP contribution in [0.15, 0.2) is 12.3 Å². The zero-order chi connectivity index (χ0) is 18.8. The molecule has 0 spiro atoms. The molecule has 3 rings (SSSR count). The lowest BCUT2D eigenvalue weighted by Gasteiger charge is -2.36. The summed E-state index contributed by atoms with van der Waals surface area (Å²) < 4.78 is 66.9. The lowest BCUT2D eigenvalue weighted by Crippen LogP contribution is -2.53. The Balaban J connectivity index is 1.65. The van der Waals surface area contributed by atoms with E-state index >= 15 is 0 Å². The van der Waals surface area contributed by atoms with Crippen molar-refractivity contribution >= 4 is 16.2 Å². The van der Waals surface area contributed by atoms with Gasteiger partial charge in [-0.15, -0.1) is 0 Å². The summed E-state index contributed by atoms with van der Waals surface area (Å²) in [5.41, 5.74) is -0.998. The van der Waals surface area contributed by atoms with Crippen molar-refractivity contribution in [1.29, 1.82) is 0 Å². The Kier molecular flexibility index (Phi) is 5.68. The molecule has 2 saturated heterocycles. The third-order valence-electron chi connectivity index (χ3n) is 4.67. The predicted octanol–water partition coefficient (Wildman–Crippen LogP) is 1.74. The summed E-state index contributed by atoms with van der Waals surface area (Å²) in [5, 5.41) is 0. The molecule has 0 amide bonds. The number of aromatic nitrogens is 2. The lowest BCUT2D eigenvalue weighted by atomic mass is 10.2. The normalized spacial score (nSPS) is 21.6. The first kappa shape index (κ1) is 19.3. The molecule has 2 fully saturated rings. The molecule has 3 heterocycles. The van der Waals surface area contributed by atoms with Crippen molar-refractivity contribution in [2.45, 2.75) is 31.9 Å². The molecular weight excluding hydrogens is 371 g/mol. The monoisotopic (exact) mass is 393 g/mol. The molecule has 0 radical (unpaired) electrons. The standard InChI is InChI=1S/C15H22F3N5O2S/c16-15(17,18)13-5-6-19-14(20-13)21-9-11-23(12-10-21)26(24,25)22-7-3-1-2-4-8-22/h5-6H,1-4,7-12H2. The molecule has 0 aromatic carbocycles. The summed E-state index contributed by atoms with van der Waals surface area (Å²) in [6, 6.07) is 0.823. The van der Waals surface area contributed by atoms with E-state index in [1.165, 1.54) is 8.61 Å². The Morgan fingerprint density at radius 2 is 1.46 bits per heavy atom. The van der Waals surface area contributed by atoms with Crippen LogP contribution in [0.25, 0.3) is 0 Å². The molecule has 2 aliphatic rings. The maximum Gasteiger partial charge on any atom is 0.433 e. The van der Waals surface area contributed by atoms with Gasteiger partial charge in [0.2, 0.25) is 5.95 Å². The molecule has 0 N–H and O–H groups in total. The maximum absolute atomic E-state index is 12.8. The number of nitrogens with zero attached hydrogens (tertiary/aromatic N) is 5. The first-order valence-corrected chi connectivity index (χ1v) is 10.1. The fourth-order valence-electron chi connectivity index (χ4n) is 3.21. The average Bonchev–Trinajstić information content (AvgIpc) is 2.91. The number of rotatable bonds is 3. The van der Waals surface area contributed by atoms with Gasteiger partial charge in [-0.25, -0.2) is 9.97 Å². The largest absolute Gasteiger partial charge is 0.433 e. The summed E-state index contributed by atoms with van der Waals surface area (Å²) >= 11 is 0. The van der Waals surface area contributed by atoms with Gasteiger partial charge in [-0.2, -0.15) is 30.2 Å². The summed E-state index contributed by atoms with van der Waals surface area (Å²) in [5.74, 6) is -0.0216. The quantitative estimate of drug-likeness (QED) is 0.783. The fourth-order valence-corrected chi connectivity index (χ4v) is 4.88. The second-order valence-corrected chi connectivity index (χ2v) is 8.38.